The van der Waals surface area contributed by atoms with Crippen molar-refractivity contribution < 1.29 is 23.2 Å². The highest BCUT2D eigenvalue weighted by atomic mass is 19.1. The number of hydrogen-bond donors (Lipinski definition) is 3. The van der Waals surface area contributed by atoms with E-state index in [0.29, 0.717) is 36.5 Å². The summed E-state index contributed by atoms with van der Waals surface area (Å²) in [5.41, 5.74) is 0.544. The van der Waals surface area contributed by atoms with Crippen molar-refractivity contribution in [2.75, 3.05) is 23.7 Å². The van der Waals surface area contributed by atoms with Gasteiger partial charge in [0.25, 0.3) is 5.91 Å². The van der Waals surface area contributed by atoms with Gasteiger partial charge in [-0.25, -0.2) is 9.18 Å². The van der Waals surface area contributed by atoms with Gasteiger partial charge in [0.15, 0.2) is 0 Å². The van der Waals surface area contributed by atoms with Gasteiger partial charge < -0.3 is 25.3 Å². The van der Waals surface area contributed by atoms with Gasteiger partial charge in [0.1, 0.15) is 11.6 Å². The van der Waals surface area contributed by atoms with Crippen LogP contribution in [0.1, 0.15) is 35.9 Å². The number of urea groups is 1. The fourth-order valence-electron chi connectivity index (χ4n) is 3.17. The third kappa shape index (κ3) is 5.13. The summed E-state index contributed by atoms with van der Waals surface area (Å²) >= 11 is 0. The Hall–Kier alpha value is -3.36. The van der Waals surface area contributed by atoms with Crippen molar-refractivity contribution in [1.82, 2.24) is 10.2 Å². The lowest BCUT2D eigenvalue weighted by Crippen LogP contribution is -2.44. The molecule has 1 aromatic heterocycles. The van der Waals surface area contributed by atoms with Gasteiger partial charge in [0.05, 0.1) is 17.5 Å². The van der Waals surface area contributed by atoms with Crippen molar-refractivity contribution in [1.29, 1.82) is 0 Å². The van der Waals surface area contributed by atoms with E-state index in [-0.39, 0.29) is 17.6 Å². The average Bonchev–Trinajstić information content (AvgIpc) is 3.26. The molecule has 4 amide bonds. The lowest BCUT2D eigenvalue weighted by Gasteiger charge is -2.21. The number of amides is 4. The van der Waals surface area contributed by atoms with Crippen LogP contribution in [-0.4, -0.2) is 41.9 Å². The van der Waals surface area contributed by atoms with Gasteiger partial charge in [-0.1, -0.05) is 0 Å². The summed E-state index contributed by atoms with van der Waals surface area (Å²) in [7, 11) is 0. The second-order valence-electron chi connectivity index (χ2n) is 6.98. The quantitative estimate of drug-likeness (QED) is 0.691. The number of furan rings is 1. The first-order valence-electron chi connectivity index (χ1n) is 9.34. The molecule has 0 unspecified atom stereocenters. The Kier molecular flexibility index (Phi) is 6.16. The van der Waals surface area contributed by atoms with Crippen LogP contribution >= 0.6 is 0 Å². The number of hydrogen-bond acceptors (Lipinski definition) is 4. The largest absolute Gasteiger partial charge is 0.469 e. The molecule has 1 aliphatic rings. The van der Waals surface area contributed by atoms with Gasteiger partial charge in [-0.15, -0.1) is 0 Å². The number of benzene rings is 1. The van der Waals surface area contributed by atoms with Gasteiger partial charge in [-0.05, 0) is 44.5 Å². The third-order valence-corrected chi connectivity index (χ3v) is 4.62. The maximum absolute atomic E-state index is 14.1. The van der Waals surface area contributed by atoms with E-state index >= 15 is 0 Å². The van der Waals surface area contributed by atoms with E-state index in [4.69, 9.17) is 4.42 Å². The van der Waals surface area contributed by atoms with Crippen LogP contribution in [0.3, 0.4) is 0 Å². The molecular formula is C20H23FN4O4. The maximum Gasteiger partial charge on any atom is 0.319 e. The Balaban J connectivity index is 1.58. The van der Waals surface area contributed by atoms with Crippen molar-refractivity contribution in [2.24, 2.45) is 0 Å². The molecule has 1 aliphatic heterocycles. The number of rotatable bonds is 6. The van der Waals surface area contributed by atoms with E-state index in [2.05, 4.69) is 16.0 Å². The summed E-state index contributed by atoms with van der Waals surface area (Å²) in [5, 5.41) is 7.82. The number of nitrogens with zero attached hydrogens (tertiary/aromatic N) is 1. The standard InChI is InChI=1S/C20H23FN4O4/c1-12(11-25-8-3-4-18(25)26)22-20(28)23-14-5-6-16(21)17(10-14)24-19(27)15-7-9-29-13(15)2/h5-7,9-10,12H,3-4,8,11H2,1-2H3,(H,24,27)(H2,22,23,28)/t12-/m1/s1. The lowest BCUT2D eigenvalue weighted by atomic mass is 10.2. The Morgan fingerprint density at radius 3 is 2.72 bits per heavy atom. The summed E-state index contributed by atoms with van der Waals surface area (Å²) in [6, 6.07) is 4.63. The Labute approximate surface area is 167 Å². The molecule has 2 aromatic rings. The third-order valence-electron chi connectivity index (χ3n) is 4.62. The second-order valence-corrected chi connectivity index (χ2v) is 6.98. The molecule has 2 heterocycles. The number of anilines is 2. The van der Waals surface area contributed by atoms with E-state index in [9.17, 15) is 18.8 Å². The van der Waals surface area contributed by atoms with E-state index in [0.717, 1.165) is 12.5 Å². The highest BCUT2D eigenvalue weighted by Crippen LogP contribution is 2.21. The van der Waals surface area contributed by atoms with E-state index < -0.39 is 17.8 Å². The van der Waals surface area contributed by atoms with Crippen molar-refractivity contribution in [2.45, 2.75) is 32.7 Å². The van der Waals surface area contributed by atoms with E-state index in [1.807, 2.05) is 0 Å². The van der Waals surface area contributed by atoms with Crippen molar-refractivity contribution in [3.05, 3.63) is 47.7 Å². The molecule has 0 saturated carbocycles. The normalized spacial score (nSPS) is 14.6. The van der Waals surface area contributed by atoms with Gasteiger partial charge in [0, 0.05) is 31.2 Å². The zero-order valence-corrected chi connectivity index (χ0v) is 16.3. The summed E-state index contributed by atoms with van der Waals surface area (Å²) in [4.78, 5) is 37.8. The molecule has 1 aromatic carbocycles. The average molecular weight is 402 g/mol. The minimum Gasteiger partial charge on any atom is -0.469 e. The summed E-state index contributed by atoms with van der Waals surface area (Å²) in [6.07, 6.45) is 2.75. The van der Waals surface area contributed by atoms with E-state index in [1.54, 1.807) is 18.7 Å². The smallest absolute Gasteiger partial charge is 0.319 e. The number of halogens is 1. The minimum absolute atomic E-state index is 0.0656. The number of carbonyl (C=O) groups is 3. The highest BCUT2D eigenvalue weighted by molar-refractivity contribution is 6.05. The fourth-order valence-corrected chi connectivity index (χ4v) is 3.17. The molecule has 154 valence electrons. The van der Waals surface area contributed by atoms with Crippen LogP contribution < -0.4 is 16.0 Å². The van der Waals surface area contributed by atoms with Crippen LogP contribution in [0.4, 0.5) is 20.6 Å². The van der Waals surface area contributed by atoms with E-state index in [1.165, 1.54) is 24.5 Å². The molecule has 1 fully saturated rings. The molecule has 0 aliphatic carbocycles. The molecule has 0 bridgehead atoms. The molecule has 1 atom stereocenters. The van der Waals surface area contributed by atoms with Crippen LogP contribution in [-0.2, 0) is 4.79 Å². The lowest BCUT2D eigenvalue weighted by molar-refractivity contribution is -0.127. The predicted octanol–water partition coefficient (Wildman–Crippen LogP) is 3.11. The number of aryl methyl sites for hydroxylation is 1. The first kappa shape index (κ1) is 20.4. The number of nitrogens with one attached hydrogen (secondary N) is 3. The molecule has 9 heteroatoms. The van der Waals surface area contributed by atoms with Crippen LogP contribution in [0.25, 0.3) is 0 Å². The molecule has 0 spiro atoms. The topological polar surface area (TPSA) is 104 Å². The molecule has 3 N–H and O–H groups in total. The Morgan fingerprint density at radius 1 is 1.28 bits per heavy atom. The van der Waals surface area contributed by atoms with Crippen molar-refractivity contribution in [3.8, 4) is 0 Å². The molecule has 1 saturated heterocycles. The summed E-state index contributed by atoms with van der Waals surface area (Å²) < 4.78 is 19.2. The van der Waals surface area contributed by atoms with Gasteiger partial charge in [-0.2, -0.15) is 0 Å². The summed E-state index contributed by atoms with van der Waals surface area (Å²) in [5.74, 6) is -0.639. The van der Waals surface area contributed by atoms with Crippen molar-refractivity contribution >= 4 is 29.2 Å². The number of carbonyl (C=O) groups excluding carboxylic acids is 3. The molecule has 8 nitrogen and oxygen atoms in total. The minimum atomic E-state index is -0.633. The van der Waals surface area contributed by atoms with Crippen LogP contribution in [0.2, 0.25) is 0 Å². The Morgan fingerprint density at radius 2 is 2.07 bits per heavy atom. The van der Waals surface area contributed by atoms with Crippen LogP contribution in [0.5, 0.6) is 0 Å². The number of likely N-dealkylation sites (tertiary alicyclic amines) is 1. The zero-order valence-electron chi connectivity index (χ0n) is 16.3. The van der Waals surface area contributed by atoms with Crippen LogP contribution in [0, 0.1) is 12.7 Å². The molecule has 29 heavy (non-hydrogen) atoms. The zero-order chi connectivity index (χ0) is 21.0. The van der Waals surface area contributed by atoms with Gasteiger partial charge in [0.2, 0.25) is 5.91 Å². The SMILES string of the molecule is Cc1occc1C(=O)Nc1cc(NC(=O)N[C@H](C)CN2CCCC2=O)ccc1F. The van der Waals surface area contributed by atoms with Gasteiger partial charge in [-0.3, -0.25) is 9.59 Å². The maximum atomic E-state index is 14.1. The second kappa shape index (κ2) is 8.76. The van der Waals surface area contributed by atoms with Crippen LogP contribution in [0.15, 0.2) is 34.9 Å². The first-order chi connectivity index (χ1) is 13.8. The van der Waals surface area contributed by atoms with Crippen molar-refractivity contribution in [3.63, 3.8) is 0 Å². The Bertz CT molecular complexity index is 927. The molecular weight excluding hydrogens is 379 g/mol. The molecule has 0 radical (unpaired) electrons. The summed E-state index contributed by atoms with van der Waals surface area (Å²) in [6.45, 7) is 4.56. The van der Waals surface area contributed by atoms with Gasteiger partial charge >= 0.3 is 6.03 Å². The molecule has 3 rings (SSSR count). The monoisotopic (exact) mass is 402 g/mol. The fraction of sp³-hybridized carbons (Fsp3) is 0.350. The predicted molar refractivity (Wildman–Crippen MR) is 105 cm³/mol. The first-order valence-corrected chi connectivity index (χ1v) is 9.34. The highest BCUT2D eigenvalue weighted by Gasteiger charge is 2.22.